The van der Waals surface area contributed by atoms with Crippen LogP contribution in [-0.2, 0) is 14.8 Å². The Kier molecular flexibility index (Phi) is 6.91. The molecule has 6 nitrogen and oxygen atoms in total. The van der Waals surface area contributed by atoms with Crippen LogP contribution in [0.4, 0.5) is 0 Å². The fraction of sp³-hybridized carbons (Fsp3) is 0.923. The highest BCUT2D eigenvalue weighted by Crippen LogP contribution is 2.11. The van der Waals surface area contributed by atoms with Gasteiger partial charge in [0.25, 0.3) is 0 Å². The molecule has 1 atom stereocenters. The molecule has 1 heterocycles. The van der Waals surface area contributed by atoms with E-state index in [2.05, 4.69) is 23.9 Å². The minimum Gasteiger partial charge on any atom is -0.341 e. The Morgan fingerprint density at radius 1 is 1.30 bits per heavy atom. The molecule has 0 radical (unpaired) electrons. The van der Waals surface area contributed by atoms with Crippen LogP contribution in [0.5, 0.6) is 0 Å². The Labute approximate surface area is 122 Å². The van der Waals surface area contributed by atoms with E-state index in [9.17, 15) is 13.2 Å². The van der Waals surface area contributed by atoms with Gasteiger partial charge in [0.1, 0.15) is 0 Å². The van der Waals surface area contributed by atoms with E-state index in [-0.39, 0.29) is 17.7 Å². The third-order valence-electron chi connectivity index (χ3n) is 3.79. The molecule has 2 N–H and O–H groups in total. The van der Waals surface area contributed by atoms with Crippen molar-refractivity contribution in [1.82, 2.24) is 14.9 Å². The number of hydrogen-bond acceptors (Lipinski definition) is 4. The lowest BCUT2D eigenvalue weighted by molar-refractivity contribution is -0.131. The maximum absolute atomic E-state index is 12.0. The summed E-state index contributed by atoms with van der Waals surface area (Å²) in [6, 6.07) is 0.305. The fourth-order valence-corrected chi connectivity index (χ4v) is 3.01. The summed E-state index contributed by atoms with van der Waals surface area (Å²) in [4.78, 5) is 13.8. The van der Waals surface area contributed by atoms with Crippen LogP contribution < -0.4 is 10.0 Å². The number of likely N-dealkylation sites (tertiary alicyclic amines) is 1. The van der Waals surface area contributed by atoms with Gasteiger partial charge in [-0.2, -0.15) is 0 Å². The van der Waals surface area contributed by atoms with Crippen LogP contribution in [0.3, 0.4) is 0 Å². The van der Waals surface area contributed by atoms with Crippen LogP contribution in [0, 0.1) is 0 Å². The van der Waals surface area contributed by atoms with E-state index >= 15 is 0 Å². The number of piperidine rings is 1. The lowest BCUT2D eigenvalue weighted by Crippen LogP contribution is -2.49. The average Bonchev–Trinajstić information content (AvgIpc) is 2.44. The van der Waals surface area contributed by atoms with Gasteiger partial charge in [-0.1, -0.05) is 6.92 Å². The molecule has 7 heteroatoms. The summed E-state index contributed by atoms with van der Waals surface area (Å²) in [6.07, 6.45) is 2.37. The summed E-state index contributed by atoms with van der Waals surface area (Å²) >= 11 is 0. The highest BCUT2D eigenvalue weighted by molar-refractivity contribution is 7.89. The standard InChI is InChI=1S/C13H27N3O3S/c1-4-11(3)14-10-13(17)16-8-6-12(7-9-16)15-20(18,19)5-2/h11-12,14-15H,4-10H2,1-3H3. The van der Waals surface area contributed by atoms with Crippen molar-refractivity contribution < 1.29 is 13.2 Å². The summed E-state index contributed by atoms with van der Waals surface area (Å²) in [6.45, 7) is 7.37. The third-order valence-corrected chi connectivity index (χ3v) is 5.24. The maximum Gasteiger partial charge on any atom is 0.236 e. The third kappa shape index (κ3) is 5.76. The molecule has 1 saturated heterocycles. The molecule has 20 heavy (non-hydrogen) atoms. The van der Waals surface area contributed by atoms with Crippen molar-refractivity contribution in [2.24, 2.45) is 0 Å². The van der Waals surface area contributed by atoms with Crippen molar-refractivity contribution in [2.45, 2.75) is 52.1 Å². The molecule has 0 aromatic carbocycles. The minimum atomic E-state index is -3.15. The van der Waals surface area contributed by atoms with Gasteiger partial charge in [-0.25, -0.2) is 13.1 Å². The van der Waals surface area contributed by atoms with Gasteiger partial charge in [-0.3, -0.25) is 4.79 Å². The molecular formula is C13H27N3O3S. The van der Waals surface area contributed by atoms with Crippen molar-refractivity contribution in [2.75, 3.05) is 25.4 Å². The van der Waals surface area contributed by atoms with Crippen molar-refractivity contribution in [3.05, 3.63) is 0 Å². The van der Waals surface area contributed by atoms with E-state index in [1.165, 1.54) is 0 Å². The minimum absolute atomic E-state index is 0.0356. The number of amides is 1. The van der Waals surface area contributed by atoms with Gasteiger partial charge in [0.2, 0.25) is 15.9 Å². The molecule has 0 aromatic rings. The lowest BCUT2D eigenvalue weighted by Gasteiger charge is -2.32. The smallest absolute Gasteiger partial charge is 0.236 e. The van der Waals surface area contributed by atoms with Crippen LogP contribution >= 0.6 is 0 Å². The van der Waals surface area contributed by atoms with Crippen molar-refractivity contribution in [1.29, 1.82) is 0 Å². The van der Waals surface area contributed by atoms with Crippen LogP contribution in [0.25, 0.3) is 0 Å². The van der Waals surface area contributed by atoms with E-state index in [1.54, 1.807) is 6.92 Å². The molecule has 118 valence electrons. The first-order valence-corrected chi connectivity index (χ1v) is 9.04. The van der Waals surface area contributed by atoms with E-state index in [4.69, 9.17) is 0 Å². The summed E-state index contributed by atoms with van der Waals surface area (Å²) in [7, 11) is -3.15. The average molecular weight is 305 g/mol. The Hall–Kier alpha value is -0.660. The van der Waals surface area contributed by atoms with Crippen LogP contribution in [0.1, 0.15) is 40.0 Å². The van der Waals surface area contributed by atoms with Crippen LogP contribution in [-0.4, -0.2) is 56.7 Å². The van der Waals surface area contributed by atoms with Gasteiger partial charge in [-0.05, 0) is 33.1 Å². The first-order chi connectivity index (χ1) is 9.38. The molecule has 1 amide bonds. The number of rotatable bonds is 7. The second-order valence-corrected chi connectivity index (χ2v) is 7.41. The highest BCUT2D eigenvalue weighted by Gasteiger charge is 2.25. The van der Waals surface area contributed by atoms with Gasteiger partial charge in [-0.15, -0.1) is 0 Å². The zero-order valence-electron chi connectivity index (χ0n) is 12.7. The predicted molar refractivity (Wildman–Crippen MR) is 80.0 cm³/mol. The van der Waals surface area contributed by atoms with E-state index in [1.807, 2.05) is 4.90 Å². The molecule has 0 aromatic heterocycles. The molecule has 1 unspecified atom stereocenters. The molecular weight excluding hydrogens is 278 g/mol. The predicted octanol–water partition coefficient (Wildman–Crippen LogP) is 0.305. The SMILES string of the molecule is CCC(C)NCC(=O)N1CCC(NS(=O)(=O)CC)CC1. The van der Waals surface area contributed by atoms with E-state index in [0.29, 0.717) is 38.5 Å². The number of carbonyl (C=O) groups excluding carboxylic acids is 1. The maximum atomic E-state index is 12.0. The Morgan fingerprint density at radius 3 is 2.40 bits per heavy atom. The largest absolute Gasteiger partial charge is 0.341 e. The lowest BCUT2D eigenvalue weighted by atomic mass is 10.1. The number of sulfonamides is 1. The zero-order valence-corrected chi connectivity index (χ0v) is 13.5. The van der Waals surface area contributed by atoms with Crippen LogP contribution in [0.2, 0.25) is 0 Å². The quantitative estimate of drug-likeness (QED) is 0.709. The Morgan fingerprint density at radius 2 is 1.90 bits per heavy atom. The van der Waals surface area contributed by atoms with Crippen molar-refractivity contribution in [3.63, 3.8) is 0 Å². The fourth-order valence-electron chi connectivity index (χ4n) is 2.10. The van der Waals surface area contributed by atoms with Crippen molar-refractivity contribution >= 4 is 15.9 Å². The van der Waals surface area contributed by atoms with Gasteiger partial charge < -0.3 is 10.2 Å². The highest BCUT2D eigenvalue weighted by atomic mass is 32.2. The summed E-state index contributed by atoms with van der Waals surface area (Å²) in [5, 5.41) is 3.19. The number of carbonyl (C=O) groups is 1. The molecule has 1 aliphatic rings. The summed E-state index contributed by atoms with van der Waals surface area (Å²) in [5.74, 6) is 0.201. The first kappa shape index (κ1) is 17.4. The normalized spacial score (nSPS) is 19.1. The second-order valence-electron chi connectivity index (χ2n) is 5.37. The molecule has 1 fully saturated rings. The number of nitrogens with one attached hydrogen (secondary N) is 2. The molecule has 0 bridgehead atoms. The van der Waals surface area contributed by atoms with Crippen LogP contribution in [0.15, 0.2) is 0 Å². The van der Waals surface area contributed by atoms with E-state index in [0.717, 1.165) is 6.42 Å². The summed E-state index contributed by atoms with van der Waals surface area (Å²) in [5.41, 5.74) is 0. The first-order valence-electron chi connectivity index (χ1n) is 7.39. The van der Waals surface area contributed by atoms with Gasteiger partial charge in [0, 0.05) is 25.2 Å². The second kappa shape index (κ2) is 7.95. The number of hydrogen-bond donors (Lipinski definition) is 2. The topological polar surface area (TPSA) is 78.5 Å². The zero-order chi connectivity index (χ0) is 15.2. The molecule has 0 spiro atoms. The van der Waals surface area contributed by atoms with Crippen molar-refractivity contribution in [3.8, 4) is 0 Å². The van der Waals surface area contributed by atoms with Gasteiger partial charge >= 0.3 is 0 Å². The Balaban J connectivity index is 2.33. The number of nitrogens with zero attached hydrogens (tertiary/aromatic N) is 1. The molecule has 1 aliphatic heterocycles. The molecule has 0 saturated carbocycles. The monoisotopic (exact) mass is 305 g/mol. The van der Waals surface area contributed by atoms with E-state index < -0.39 is 10.0 Å². The van der Waals surface area contributed by atoms with Gasteiger partial charge in [0.15, 0.2) is 0 Å². The van der Waals surface area contributed by atoms with Gasteiger partial charge in [0.05, 0.1) is 12.3 Å². The molecule has 0 aliphatic carbocycles. The Bertz CT molecular complexity index is 403. The molecule has 1 rings (SSSR count). The summed E-state index contributed by atoms with van der Waals surface area (Å²) < 4.78 is 25.7.